The first kappa shape index (κ1) is 23.0. The van der Waals surface area contributed by atoms with Gasteiger partial charge in [-0.2, -0.15) is 0 Å². The molecule has 1 heterocycles. The molecule has 166 valence electrons. The second kappa shape index (κ2) is 8.84. The summed E-state index contributed by atoms with van der Waals surface area (Å²) in [5.74, 6) is 0.725. The molecule has 2 aromatic rings. The molecule has 0 aromatic heterocycles. The number of fused-ring (bicyclic) bond motifs is 1. The SMILES string of the molecule is C=Cc1cc2cc([C@]3(O)C[C@@H](C=O)N(C(=O)OCC[Si](C)(C)C)C3)ccc2cc1OC. The van der Waals surface area contributed by atoms with Crippen LogP contribution in [0.1, 0.15) is 17.5 Å². The third-order valence-corrected chi connectivity index (χ3v) is 7.50. The molecule has 1 amide bonds. The van der Waals surface area contributed by atoms with Gasteiger partial charge in [0.25, 0.3) is 0 Å². The first-order chi connectivity index (χ1) is 14.6. The standard InChI is InChI=1S/C24H31NO5Si/c1-6-17-11-19-12-20(8-7-18(19)13-22(17)29-2)24(28)14-21(15-26)25(16-24)23(27)30-9-10-31(3,4)5/h6-8,11-13,15,21,28H,1,9-10,14,16H2,2-5H3/t21-,24-/m0/s1. The van der Waals surface area contributed by atoms with Crippen LogP contribution in [0.3, 0.4) is 0 Å². The number of carbonyl (C=O) groups excluding carboxylic acids is 2. The van der Waals surface area contributed by atoms with Gasteiger partial charge in [0.05, 0.1) is 26.3 Å². The number of amides is 1. The Morgan fingerprint density at radius 2 is 2.03 bits per heavy atom. The maximum Gasteiger partial charge on any atom is 0.410 e. The van der Waals surface area contributed by atoms with Crippen molar-refractivity contribution in [3.63, 3.8) is 0 Å². The van der Waals surface area contributed by atoms with Crippen LogP contribution in [0.5, 0.6) is 5.75 Å². The lowest BCUT2D eigenvalue weighted by molar-refractivity contribution is -0.111. The van der Waals surface area contributed by atoms with E-state index >= 15 is 0 Å². The van der Waals surface area contributed by atoms with Crippen LogP contribution >= 0.6 is 0 Å². The van der Waals surface area contributed by atoms with Gasteiger partial charge in [-0.15, -0.1) is 0 Å². The van der Waals surface area contributed by atoms with Crippen molar-refractivity contribution >= 4 is 37.3 Å². The lowest BCUT2D eigenvalue weighted by Gasteiger charge is -2.24. The summed E-state index contributed by atoms with van der Waals surface area (Å²) in [7, 11) is 0.270. The monoisotopic (exact) mass is 441 g/mol. The van der Waals surface area contributed by atoms with Gasteiger partial charge in [0.2, 0.25) is 0 Å². The molecular weight excluding hydrogens is 410 g/mol. The van der Waals surface area contributed by atoms with Crippen LogP contribution in [-0.2, 0) is 15.1 Å². The van der Waals surface area contributed by atoms with Crippen LogP contribution in [0.4, 0.5) is 4.79 Å². The summed E-state index contributed by atoms with van der Waals surface area (Å²) >= 11 is 0. The third kappa shape index (κ3) is 4.99. The van der Waals surface area contributed by atoms with E-state index in [1.54, 1.807) is 13.2 Å². The highest BCUT2D eigenvalue weighted by atomic mass is 28.3. The Balaban J connectivity index is 1.84. The number of carbonyl (C=O) groups is 2. The van der Waals surface area contributed by atoms with Gasteiger partial charge in [-0.05, 0) is 40.6 Å². The summed E-state index contributed by atoms with van der Waals surface area (Å²) in [4.78, 5) is 25.6. The minimum absolute atomic E-state index is 0.0121. The smallest absolute Gasteiger partial charge is 0.410 e. The van der Waals surface area contributed by atoms with Crippen molar-refractivity contribution in [1.29, 1.82) is 0 Å². The predicted octanol–water partition coefficient (Wildman–Crippen LogP) is 4.43. The van der Waals surface area contributed by atoms with E-state index in [4.69, 9.17) is 9.47 Å². The van der Waals surface area contributed by atoms with Crippen molar-refractivity contribution in [3.8, 4) is 5.75 Å². The van der Waals surface area contributed by atoms with Crippen molar-refractivity contribution in [1.82, 2.24) is 4.90 Å². The molecule has 31 heavy (non-hydrogen) atoms. The second-order valence-corrected chi connectivity index (χ2v) is 15.0. The van der Waals surface area contributed by atoms with E-state index in [1.165, 1.54) is 4.90 Å². The van der Waals surface area contributed by atoms with Crippen LogP contribution in [0, 0.1) is 0 Å². The summed E-state index contributed by atoms with van der Waals surface area (Å²) in [5, 5.41) is 13.3. The third-order valence-electron chi connectivity index (χ3n) is 5.79. The fraction of sp³-hybridized carbons (Fsp3) is 0.417. The van der Waals surface area contributed by atoms with E-state index in [9.17, 15) is 14.7 Å². The number of aliphatic hydroxyl groups is 1. The van der Waals surface area contributed by atoms with Gasteiger partial charge < -0.3 is 19.4 Å². The fourth-order valence-corrected chi connectivity index (χ4v) is 4.61. The van der Waals surface area contributed by atoms with Crippen LogP contribution in [0.25, 0.3) is 16.8 Å². The number of nitrogens with zero attached hydrogens (tertiary/aromatic N) is 1. The van der Waals surface area contributed by atoms with Crippen molar-refractivity contribution in [2.75, 3.05) is 20.3 Å². The number of hydrogen-bond donors (Lipinski definition) is 1. The van der Waals surface area contributed by atoms with Gasteiger partial charge in [-0.25, -0.2) is 4.79 Å². The Morgan fingerprint density at radius 3 is 2.65 bits per heavy atom. The quantitative estimate of drug-likeness (QED) is 0.508. The molecule has 0 aliphatic carbocycles. The Morgan fingerprint density at radius 1 is 1.29 bits per heavy atom. The molecule has 1 saturated heterocycles. The number of methoxy groups -OCH3 is 1. The highest BCUT2D eigenvalue weighted by molar-refractivity contribution is 6.76. The number of hydrogen-bond acceptors (Lipinski definition) is 5. The summed E-state index contributed by atoms with van der Waals surface area (Å²) < 4.78 is 10.8. The zero-order valence-corrected chi connectivity index (χ0v) is 19.7. The van der Waals surface area contributed by atoms with Crippen molar-refractivity contribution in [2.24, 2.45) is 0 Å². The van der Waals surface area contributed by atoms with Crippen LogP contribution < -0.4 is 4.74 Å². The first-order valence-corrected chi connectivity index (χ1v) is 14.2. The molecule has 2 atom stereocenters. The summed E-state index contributed by atoms with van der Waals surface area (Å²) in [6.45, 7) is 10.8. The Hall–Kier alpha value is -2.64. The molecule has 7 heteroatoms. The maximum absolute atomic E-state index is 12.6. The largest absolute Gasteiger partial charge is 0.496 e. The lowest BCUT2D eigenvalue weighted by Crippen LogP contribution is -2.39. The minimum Gasteiger partial charge on any atom is -0.496 e. The normalized spacial score (nSPS) is 21.2. The van der Waals surface area contributed by atoms with Crippen LogP contribution in [-0.4, -0.2) is 56.8 Å². The molecule has 3 rings (SSSR count). The van der Waals surface area contributed by atoms with Crippen molar-refractivity contribution in [3.05, 3.63) is 48.0 Å². The Bertz CT molecular complexity index is 999. The lowest BCUT2D eigenvalue weighted by atomic mass is 9.89. The van der Waals surface area contributed by atoms with Gasteiger partial charge >= 0.3 is 6.09 Å². The molecule has 0 radical (unpaired) electrons. The number of benzene rings is 2. The van der Waals surface area contributed by atoms with Crippen LogP contribution in [0.15, 0.2) is 36.9 Å². The first-order valence-electron chi connectivity index (χ1n) is 10.5. The van der Waals surface area contributed by atoms with Crippen molar-refractivity contribution in [2.45, 2.75) is 43.7 Å². The van der Waals surface area contributed by atoms with E-state index < -0.39 is 25.8 Å². The molecule has 2 aromatic carbocycles. The summed E-state index contributed by atoms with van der Waals surface area (Å²) in [6.07, 6.45) is 2.01. The van der Waals surface area contributed by atoms with Gasteiger partial charge in [0, 0.05) is 20.1 Å². The molecule has 0 unspecified atom stereocenters. The Kier molecular flexibility index (Phi) is 6.57. The molecule has 6 nitrogen and oxygen atoms in total. The fourth-order valence-electron chi connectivity index (χ4n) is 3.90. The molecule has 0 saturated carbocycles. The Labute approximate surface area is 184 Å². The van der Waals surface area contributed by atoms with Gasteiger partial charge in [-0.1, -0.05) is 44.4 Å². The van der Waals surface area contributed by atoms with E-state index in [-0.39, 0.29) is 13.0 Å². The van der Waals surface area contributed by atoms with Crippen molar-refractivity contribution < 1.29 is 24.2 Å². The maximum atomic E-state index is 12.6. The van der Waals surface area contributed by atoms with E-state index in [2.05, 4.69) is 26.2 Å². The van der Waals surface area contributed by atoms with Gasteiger partial charge in [0.1, 0.15) is 17.6 Å². The highest BCUT2D eigenvalue weighted by Crippen LogP contribution is 2.38. The molecule has 1 fully saturated rings. The molecule has 0 bridgehead atoms. The zero-order valence-electron chi connectivity index (χ0n) is 18.7. The molecule has 1 aliphatic rings. The molecule has 1 N–H and O–H groups in total. The average Bonchev–Trinajstić information content (AvgIpc) is 3.09. The summed E-state index contributed by atoms with van der Waals surface area (Å²) in [5.41, 5.74) is 0.180. The number of ether oxygens (including phenoxy) is 2. The minimum atomic E-state index is -1.34. The van der Waals surface area contributed by atoms with E-state index in [0.29, 0.717) is 18.5 Å². The topological polar surface area (TPSA) is 76.1 Å². The van der Waals surface area contributed by atoms with Gasteiger partial charge in [0.15, 0.2) is 0 Å². The predicted molar refractivity (Wildman–Crippen MR) is 125 cm³/mol. The molecular formula is C24H31NO5Si. The number of β-amino-alcohol motifs (C(OH)–C–C–N with tert-alkyl or cyclic N) is 1. The number of likely N-dealkylation sites (tertiary alicyclic amines) is 1. The van der Waals surface area contributed by atoms with E-state index in [1.807, 2.05) is 30.3 Å². The highest BCUT2D eigenvalue weighted by Gasteiger charge is 2.46. The second-order valence-electron chi connectivity index (χ2n) is 9.35. The van der Waals surface area contributed by atoms with E-state index in [0.717, 1.165) is 28.1 Å². The number of aldehydes is 1. The molecule has 1 aliphatic heterocycles. The van der Waals surface area contributed by atoms with Crippen LogP contribution in [0.2, 0.25) is 25.7 Å². The van der Waals surface area contributed by atoms with Gasteiger partial charge in [-0.3, -0.25) is 4.90 Å². The average molecular weight is 442 g/mol. The number of rotatable bonds is 7. The summed E-state index contributed by atoms with van der Waals surface area (Å²) in [6, 6.07) is 9.62. The molecule has 0 spiro atoms. The zero-order chi connectivity index (χ0) is 22.8.